The number of phenolic OH excluding ortho intramolecular Hbond substituents is 2. The Hall–Kier alpha value is -2.67. The van der Waals surface area contributed by atoms with Crippen LogP contribution in [-0.2, 0) is 0 Å². The van der Waals surface area contributed by atoms with Crippen LogP contribution in [0, 0.1) is 0 Å². The molecule has 0 amide bonds. The molecule has 0 saturated heterocycles. The Kier molecular flexibility index (Phi) is 12.3. The van der Waals surface area contributed by atoms with Gasteiger partial charge in [-0.25, -0.2) is 9.59 Å². The van der Waals surface area contributed by atoms with Crippen LogP contribution in [-0.4, -0.2) is 32.4 Å². The lowest BCUT2D eigenvalue weighted by Crippen LogP contribution is -2.11. The third kappa shape index (κ3) is 7.67. The fourth-order valence-electron chi connectivity index (χ4n) is 5.06. The van der Waals surface area contributed by atoms with Crippen molar-refractivity contribution in [2.75, 3.05) is 0 Å². The SMILES string of the molecule is CCCCCC(CC)c1c(C(=O)O)ccc(O)c1Sc1c(O)ccc(C(=O)O)c1C(CC)CCCCC. The van der Waals surface area contributed by atoms with Gasteiger partial charge in [0, 0.05) is 0 Å². The molecule has 0 aliphatic heterocycles. The zero-order valence-corrected chi connectivity index (χ0v) is 23.4. The molecule has 204 valence electrons. The van der Waals surface area contributed by atoms with Gasteiger partial charge in [-0.3, -0.25) is 0 Å². The summed E-state index contributed by atoms with van der Waals surface area (Å²) >= 11 is 1.10. The van der Waals surface area contributed by atoms with E-state index in [1.54, 1.807) is 0 Å². The van der Waals surface area contributed by atoms with E-state index in [9.17, 15) is 30.0 Å². The minimum Gasteiger partial charge on any atom is -0.507 e. The van der Waals surface area contributed by atoms with Gasteiger partial charge in [0.1, 0.15) is 11.5 Å². The molecule has 0 radical (unpaired) electrons. The van der Waals surface area contributed by atoms with Crippen molar-refractivity contribution in [2.45, 2.75) is 114 Å². The maximum atomic E-state index is 12.2. The van der Waals surface area contributed by atoms with Crippen LogP contribution in [0.25, 0.3) is 0 Å². The fraction of sp³-hybridized carbons (Fsp3) is 0.533. The van der Waals surface area contributed by atoms with E-state index in [0.717, 1.165) is 63.1 Å². The molecular formula is C30H42O6S. The summed E-state index contributed by atoms with van der Waals surface area (Å²) < 4.78 is 0. The Labute approximate surface area is 225 Å². The van der Waals surface area contributed by atoms with E-state index in [0.29, 0.717) is 33.8 Å². The summed E-state index contributed by atoms with van der Waals surface area (Å²) in [6.45, 7) is 8.25. The van der Waals surface area contributed by atoms with Gasteiger partial charge in [0.05, 0.1) is 20.9 Å². The number of carbonyl (C=O) groups is 2. The summed E-state index contributed by atoms with van der Waals surface area (Å²) in [5.74, 6) is -2.45. The van der Waals surface area contributed by atoms with Crippen molar-refractivity contribution >= 4 is 23.7 Å². The minimum absolute atomic E-state index is 0.0657. The highest BCUT2D eigenvalue weighted by Gasteiger charge is 2.29. The van der Waals surface area contributed by atoms with Gasteiger partial charge in [-0.1, -0.05) is 78.0 Å². The van der Waals surface area contributed by atoms with Gasteiger partial charge in [-0.15, -0.1) is 0 Å². The Balaban J connectivity index is 2.75. The Bertz CT molecular complexity index is 981. The highest BCUT2D eigenvalue weighted by molar-refractivity contribution is 7.99. The third-order valence-electron chi connectivity index (χ3n) is 7.13. The van der Waals surface area contributed by atoms with Crippen molar-refractivity contribution < 1.29 is 30.0 Å². The number of carboxylic acid groups (broad SMARTS) is 2. The van der Waals surface area contributed by atoms with Crippen molar-refractivity contribution in [2.24, 2.45) is 0 Å². The van der Waals surface area contributed by atoms with E-state index >= 15 is 0 Å². The number of aromatic carboxylic acids is 2. The number of carboxylic acids is 2. The molecule has 37 heavy (non-hydrogen) atoms. The molecule has 0 aromatic heterocycles. The second-order valence-electron chi connectivity index (χ2n) is 9.66. The molecule has 0 bridgehead atoms. The number of unbranched alkanes of at least 4 members (excludes halogenated alkanes) is 4. The molecular weight excluding hydrogens is 488 g/mol. The van der Waals surface area contributed by atoms with E-state index in [4.69, 9.17) is 0 Å². The monoisotopic (exact) mass is 530 g/mol. The van der Waals surface area contributed by atoms with Crippen LogP contribution < -0.4 is 0 Å². The average Bonchev–Trinajstić information content (AvgIpc) is 2.86. The molecule has 0 spiro atoms. The second-order valence-corrected chi connectivity index (χ2v) is 10.7. The smallest absolute Gasteiger partial charge is 0.336 e. The standard InChI is InChI=1S/C30H42O6S/c1-5-9-11-13-19(7-3)25-21(29(33)34)15-17-23(31)27(25)37-28-24(32)18-16-22(30(35)36)26(28)20(8-4)14-12-10-6-2/h15-20,31-32H,5-14H2,1-4H3,(H,33,34)(H,35,36). The average molecular weight is 531 g/mol. The first-order valence-electron chi connectivity index (χ1n) is 13.6. The number of rotatable bonds is 16. The summed E-state index contributed by atoms with van der Waals surface area (Å²) in [4.78, 5) is 25.3. The largest absolute Gasteiger partial charge is 0.507 e. The number of aromatic hydroxyl groups is 2. The van der Waals surface area contributed by atoms with Crippen LogP contribution in [0.3, 0.4) is 0 Å². The molecule has 0 aliphatic carbocycles. The lowest BCUT2D eigenvalue weighted by molar-refractivity contribution is 0.0683. The zero-order valence-electron chi connectivity index (χ0n) is 22.5. The molecule has 0 aliphatic rings. The highest BCUT2D eigenvalue weighted by Crippen LogP contribution is 2.50. The molecule has 2 unspecified atom stereocenters. The summed E-state index contributed by atoms with van der Waals surface area (Å²) in [6, 6.07) is 5.63. The Morgan fingerprint density at radius 1 is 0.676 bits per heavy atom. The summed E-state index contributed by atoms with van der Waals surface area (Å²) in [5.41, 5.74) is 1.38. The maximum absolute atomic E-state index is 12.2. The molecule has 6 nitrogen and oxygen atoms in total. The first-order chi connectivity index (χ1) is 17.7. The van der Waals surface area contributed by atoms with Crippen LogP contribution in [0.1, 0.15) is 136 Å². The maximum Gasteiger partial charge on any atom is 0.336 e. The number of benzene rings is 2. The van der Waals surface area contributed by atoms with Gasteiger partial charge in [0.25, 0.3) is 0 Å². The molecule has 0 heterocycles. The third-order valence-corrected chi connectivity index (χ3v) is 8.40. The van der Waals surface area contributed by atoms with Crippen molar-refractivity contribution in [3.8, 4) is 11.5 Å². The lowest BCUT2D eigenvalue weighted by Gasteiger charge is -2.25. The van der Waals surface area contributed by atoms with Crippen molar-refractivity contribution in [3.63, 3.8) is 0 Å². The quantitative estimate of drug-likeness (QED) is 0.160. The lowest BCUT2D eigenvalue weighted by atomic mass is 9.87. The van der Waals surface area contributed by atoms with E-state index in [-0.39, 0.29) is 34.5 Å². The molecule has 2 aromatic rings. The molecule has 2 rings (SSSR count). The van der Waals surface area contributed by atoms with Crippen LogP contribution in [0.2, 0.25) is 0 Å². The van der Waals surface area contributed by atoms with Gasteiger partial charge in [-0.2, -0.15) is 0 Å². The van der Waals surface area contributed by atoms with E-state index < -0.39 is 11.9 Å². The topological polar surface area (TPSA) is 115 Å². The predicted molar refractivity (Wildman–Crippen MR) is 149 cm³/mol. The number of hydrogen-bond donors (Lipinski definition) is 4. The second kappa shape index (κ2) is 14.9. The van der Waals surface area contributed by atoms with Crippen molar-refractivity contribution in [1.29, 1.82) is 0 Å². The molecule has 7 heteroatoms. The molecule has 0 fully saturated rings. The Morgan fingerprint density at radius 3 is 1.35 bits per heavy atom. The fourth-order valence-corrected chi connectivity index (χ4v) is 6.39. The van der Waals surface area contributed by atoms with E-state index in [2.05, 4.69) is 13.8 Å². The van der Waals surface area contributed by atoms with Gasteiger partial charge in [-0.05, 0) is 72.9 Å². The van der Waals surface area contributed by atoms with E-state index in [1.807, 2.05) is 13.8 Å². The predicted octanol–water partition coefficient (Wildman–Crippen LogP) is 8.79. The first kappa shape index (κ1) is 30.6. The van der Waals surface area contributed by atoms with Gasteiger partial charge >= 0.3 is 11.9 Å². The molecule has 2 aromatic carbocycles. The van der Waals surface area contributed by atoms with Crippen LogP contribution in [0.4, 0.5) is 0 Å². The minimum atomic E-state index is -1.07. The highest BCUT2D eigenvalue weighted by atomic mass is 32.2. The summed E-state index contributed by atoms with van der Waals surface area (Å²) in [5, 5.41) is 42.0. The molecule has 4 N–H and O–H groups in total. The van der Waals surface area contributed by atoms with Crippen LogP contribution >= 0.6 is 11.8 Å². The summed E-state index contributed by atoms with van der Waals surface area (Å²) in [7, 11) is 0. The van der Waals surface area contributed by atoms with Crippen molar-refractivity contribution in [1.82, 2.24) is 0 Å². The Morgan fingerprint density at radius 2 is 1.05 bits per heavy atom. The van der Waals surface area contributed by atoms with Crippen LogP contribution in [0.5, 0.6) is 11.5 Å². The number of phenols is 2. The van der Waals surface area contributed by atoms with Gasteiger partial charge in [0.2, 0.25) is 0 Å². The number of hydrogen-bond acceptors (Lipinski definition) is 5. The van der Waals surface area contributed by atoms with Gasteiger partial charge in [0.15, 0.2) is 0 Å². The van der Waals surface area contributed by atoms with Crippen molar-refractivity contribution in [3.05, 3.63) is 46.5 Å². The normalized spacial score (nSPS) is 12.9. The molecule has 2 atom stereocenters. The first-order valence-corrected chi connectivity index (χ1v) is 14.4. The van der Waals surface area contributed by atoms with Crippen LogP contribution in [0.15, 0.2) is 34.1 Å². The van der Waals surface area contributed by atoms with Gasteiger partial charge < -0.3 is 20.4 Å². The molecule has 0 saturated carbocycles. The summed E-state index contributed by atoms with van der Waals surface area (Å²) in [6.07, 6.45) is 8.98. The zero-order chi connectivity index (χ0) is 27.5. The van der Waals surface area contributed by atoms with E-state index in [1.165, 1.54) is 24.3 Å².